The van der Waals surface area contributed by atoms with Crippen LogP contribution in [-0.2, 0) is 16.1 Å². The molecule has 1 amide bonds. The van der Waals surface area contributed by atoms with Gasteiger partial charge in [-0.25, -0.2) is 0 Å². The van der Waals surface area contributed by atoms with Crippen molar-refractivity contribution in [2.24, 2.45) is 0 Å². The van der Waals surface area contributed by atoms with Gasteiger partial charge < -0.3 is 19.7 Å². The lowest BCUT2D eigenvalue weighted by Crippen LogP contribution is -2.51. The molecule has 2 rings (SSSR count). The monoisotopic (exact) mass is 292 g/mol. The summed E-state index contributed by atoms with van der Waals surface area (Å²) in [7, 11) is 3.51. The van der Waals surface area contributed by atoms with Gasteiger partial charge in [-0.15, -0.1) is 0 Å². The van der Waals surface area contributed by atoms with Gasteiger partial charge in [-0.1, -0.05) is 12.1 Å². The predicted octanol–water partition coefficient (Wildman–Crippen LogP) is 1.26. The fraction of sp³-hybridized carbons (Fsp3) is 0.562. The summed E-state index contributed by atoms with van der Waals surface area (Å²) in [6.45, 7) is 6.48. The maximum absolute atomic E-state index is 12.4. The third-order valence-electron chi connectivity index (χ3n) is 3.74. The van der Waals surface area contributed by atoms with E-state index in [0.29, 0.717) is 19.8 Å². The third-order valence-corrected chi connectivity index (χ3v) is 3.74. The Labute approximate surface area is 126 Å². The highest BCUT2D eigenvalue weighted by Crippen LogP contribution is 2.24. The topological polar surface area (TPSA) is 50.8 Å². The van der Waals surface area contributed by atoms with E-state index >= 15 is 0 Å². The number of carbonyl (C=O) groups is 1. The Morgan fingerprint density at radius 1 is 1.43 bits per heavy atom. The molecule has 0 saturated carbocycles. The summed E-state index contributed by atoms with van der Waals surface area (Å²) in [5.41, 5.74) is 3.29. The number of nitrogens with one attached hydrogen (secondary N) is 1. The third kappa shape index (κ3) is 3.74. The van der Waals surface area contributed by atoms with Crippen LogP contribution in [0.1, 0.15) is 16.7 Å². The molecule has 21 heavy (non-hydrogen) atoms. The SMILES string of the molecule is COc1c(C)cc(CN(C)C(=O)[C@@H]2COCCN2)cc1C. The molecule has 1 atom stereocenters. The molecule has 1 saturated heterocycles. The second-order valence-electron chi connectivity index (χ2n) is 5.54. The van der Waals surface area contributed by atoms with Crippen LogP contribution >= 0.6 is 0 Å². The first-order chi connectivity index (χ1) is 10.0. The van der Waals surface area contributed by atoms with Crippen molar-refractivity contribution in [1.29, 1.82) is 0 Å². The van der Waals surface area contributed by atoms with Crippen LogP contribution in [0.15, 0.2) is 12.1 Å². The van der Waals surface area contributed by atoms with Gasteiger partial charge in [0, 0.05) is 20.1 Å². The summed E-state index contributed by atoms with van der Waals surface area (Å²) >= 11 is 0. The minimum absolute atomic E-state index is 0.0702. The van der Waals surface area contributed by atoms with Crippen LogP contribution in [0.5, 0.6) is 5.75 Å². The van der Waals surface area contributed by atoms with Crippen molar-refractivity contribution < 1.29 is 14.3 Å². The Kier molecular flexibility index (Phi) is 5.20. The van der Waals surface area contributed by atoms with Crippen molar-refractivity contribution in [3.05, 3.63) is 28.8 Å². The number of morpholine rings is 1. The average molecular weight is 292 g/mol. The number of hydrogen-bond acceptors (Lipinski definition) is 4. The van der Waals surface area contributed by atoms with Gasteiger partial charge in [0.05, 0.1) is 20.3 Å². The van der Waals surface area contributed by atoms with Crippen LogP contribution < -0.4 is 10.1 Å². The molecule has 0 aliphatic carbocycles. The van der Waals surface area contributed by atoms with Gasteiger partial charge in [-0.3, -0.25) is 4.79 Å². The number of aryl methyl sites for hydroxylation is 2. The summed E-state index contributed by atoms with van der Waals surface area (Å²) in [6, 6.07) is 3.91. The maximum Gasteiger partial charge on any atom is 0.242 e. The number of methoxy groups -OCH3 is 1. The van der Waals surface area contributed by atoms with Gasteiger partial charge in [-0.05, 0) is 30.5 Å². The lowest BCUT2D eigenvalue weighted by atomic mass is 10.1. The largest absolute Gasteiger partial charge is 0.496 e. The number of amides is 1. The molecule has 0 unspecified atom stereocenters. The molecule has 1 aromatic carbocycles. The van der Waals surface area contributed by atoms with Crippen molar-refractivity contribution in [1.82, 2.24) is 10.2 Å². The highest BCUT2D eigenvalue weighted by molar-refractivity contribution is 5.81. The van der Waals surface area contributed by atoms with Crippen molar-refractivity contribution in [3.63, 3.8) is 0 Å². The number of carbonyl (C=O) groups excluding carboxylic acids is 1. The zero-order valence-corrected chi connectivity index (χ0v) is 13.2. The van der Waals surface area contributed by atoms with Crippen LogP contribution in [0, 0.1) is 13.8 Å². The van der Waals surface area contributed by atoms with Gasteiger partial charge >= 0.3 is 0 Å². The summed E-state index contributed by atoms with van der Waals surface area (Å²) in [5, 5.41) is 3.19. The molecule has 0 bridgehead atoms. The molecule has 0 radical (unpaired) electrons. The van der Waals surface area contributed by atoms with Crippen molar-refractivity contribution in [2.45, 2.75) is 26.4 Å². The van der Waals surface area contributed by atoms with Crippen LogP contribution in [-0.4, -0.2) is 50.8 Å². The van der Waals surface area contributed by atoms with Crippen molar-refractivity contribution >= 4 is 5.91 Å². The molecule has 1 aliphatic heterocycles. The zero-order chi connectivity index (χ0) is 15.4. The fourth-order valence-corrected chi connectivity index (χ4v) is 2.80. The number of ether oxygens (including phenoxy) is 2. The Morgan fingerprint density at radius 3 is 2.62 bits per heavy atom. The minimum atomic E-state index is -0.232. The Hall–Kier alpha value is -1.59. The van der Waals surface area contributed by atoms with E-state index in [2.05, 4.69) is 17.4 Å². The number of benzene rings is 1. The van der Waals surface area contributed by atoms with E-state index in [1.165, 1.54) is 0 Å². The predicted molar refractivity (Wildman–Crippen MR) is 81.6 cm³/mol. The molecule has 1 aliphatic rings. The summed E-state index contributed by atoms with van der Waals surface area (Å²) in [6.07, 6.45) is 0. The lowest BCUT2D eigenvalue weighted by molar-refractivity contribution is -0.135. The summed E-state index contributed by atoms with van der Waals surface area (Å²) in [5.74, 6) is 0.982. The van der Waals surface area contributed by atoms with E-state index in [1.807, 2.05) is 20.9 Å². The number of likely N-dealkylation sites (N-methyl/N-ethyl adjacent to an activating group) is 1. The van der Waals surface area contributed by atoms with E-state index in [9.17, 15) is 4.79 Å². The Balaban J connectivity index is 2.05. The number of hydrogen-bond donors (Lipinski definition) is 1. The second-order valence-corrected chi connectivity index (χ2v) is 5.54. The molecular formula is C16H24N2O3. The van der Waals surface area contributed by atoms with Crippen LogP contribution in [0.4, 0.5) is 0 Å². The van der Waals surface area contributed by atoms with Gasteiger partial charge in [0.2, 0.25) is 5.91 Å². The molecule has 116 valence electrons. The van der Waals surface area contributed by atoms with Crippen LogP contribution in [0.25, 0.3) is 0 Å². The number of rotatable bonds is 4. The molecule has 5 heteroatoms. The first-order valence-corrected chi connectivity index (χ1v) is 7.23. The van der Waals surface area contributed by atoms with Crippen molar-refractivity contribution in [2.75, 3.05) is 33.9 Å². The van der Waals surface area contributed by atoms with E-state index in [-0.39, 0.29) is 11.9 Å². The molecule has 1 aromatic rings. The molecule has 1 N–H and O–H groups in total. The molecule has 0 aromatic heterocycles. The van der Waals surface area contributed by atoms with E-state index in [1.54, 1.807) is 12.0 Å². The Morgan fingerprint density at radius 2 is 2.10 bits per heavy atom. The van der Waals surface area contributed by atoms with E-state index in [0.717, 1.165) is 29.0 Å². The molecule has 1 heterocycles. The zero-order valence-electron chi connectivity index (χ0n) is 13.2. The quantitative estimate of drug-likeness (QED) is 0.908. The number of nitrogens with zero attached hydrogens (tertiary/aromatic N) is 1. The molecular weight excluding hydrogens is 268 g/mol. The highest BCUT2D eigenvalue weighted by Gasteiger charge is 2.24. The minimum Gasteiger partial charge on any atom is -0.496 e. The maximum atomic E-state index is 12.4. The van der Waals surface area contributed by atoms with E-state index < -0.39 is 0 Å². The van der Waals surface area contributed by atoms with Crippen molar-refractivity contribution in [3.8, 4) is 5.75 Å². The van der Waals surface area contributed by atoms with Gasteiger partial charge in [-0.2, -0.15) is 0 Å². The fourth-order valence-electron chi connectivity index (χ4n) is 2.80. The normalized spacial score (nSPS) is 18.4. The van der Waals surface area contributed by atoms with Crippen LogP contribution in [0.2, 0.25) is 0 Å². The second kappa shape index (κ2) is 6.91. The van der Waals surface area contributed by atoms with Gasteiger partial charge in [0.1, 0.15) is 11.8 Å². The first-order valence-electron chi connectivity index (χ1n) is 7.23. The first kappa shape index (κ1) is 15.8. The van der Waals surface area contributed by atoms with Crippen LogP contribution in [0.3, 0.4) is 0 Å². The standard InChI is InChI=1S/C16H24N2O3/c1-11-7-13(8-12(2)15(11)20-4)9-18(3)16(19)14-10-21-6-5-17-14/h7-8,14,17H,5-6,9-10H2,1-4H3/t14-/m0/s1. The Bertz CT molecular complexity index is 487. The molecule has 5 nitrogen and oxygen atoms in total. The molecule has 0 spiro atoms. The van der Waals surface area contributed by atoms with Gasteiger partial charge in [0.15, 0.2) is 0 Å². The summed E-state index contributed by atoms with van der Waals surface area (Å²) in [4.78, 5) is 14.1. The average Bonchev–Trinajstić information content (AvgIpc) is 2.47. The molecule has 1 fully saturated rings. The highest BCUT2D eigenvalue weighted by atomic mass is 16.5. The smallest absolute Gasteiger partial charge is 0.242 e. The van der Waals surface area contributed by atoms with E-state index in [4.69, 9.17) is 9.47 Å². The van der Waals surface area contributed by atoms with Gasteiger partial charge in [0.25, 0.3) is 0 Å². The lowest BCUT2D eigenvalue weighted by Gasteiger charge is -2.27. The summed E-state index contributed by atoms with van der Waals surface area (Å²) < 4.78 is 10.7.